The third-order valence-corrected chi connectivity index (χ3v) is 8.79. The molecule has 3 atom stereocenters. The number of nitrogens with one attached hydrogen (secondary N) is 2. The number of imidazole rings is 1. The Labute approximate surface area is 245 Å². The number of carbonyl (C=O) groups excluding carboxylic acids is 2. The number of aliphatic hydroxyl groups is 1. The van der Waals surface area contributed by atoms with Gasteiger partial charge in [0.2, 0.25) is 0 Å². The Hall–Kier alpha value is -4.14. The lowest BCUT2D eigenvalue weighted by molar-refractivity contribution is 0.0389. The molecule has 0 fully saturated rings. The van der Waals surface area contributed by atoms with Crippen molar-refractivity contribution >= 4 is 33.3 Å². The Balaban J connectivity index is 1.67. The number of benzene rings is 2. The van der Waals surface area contributed by atoms with Crippen molar-refractivity contribution in [2.75, 3.05) is 44.5 Å². The molecule has 42 heavy (non-hydrogen) atoms. The lowest BCUT2D eigenvalue weighted by Crippen LogP contribution is -2.50. The van der Waals surface area contributed by atoms with Crippen LogP contribution in [0.1, 0.15) is 24.2 Å². The maximum Gasteiger partial charge on any atom is 0.323 e. The number of para-hydroxylation sites is 1. The number of amides is 3. The first-order valence-corrected chi connectivity index (χ1v) is 14.8. The van der Waals surface area contributed by atoms with Crippen LogP contribution in [0.2, 0.25) is 0 Å². The number of sulfonamides is 1. The van der Waals surface area contributed by atoms with Crippen LogP contribution in [0.4, 0.5) is 16.2 Å². The van der Waals surface area contributed by atoms with Crippen molar-refractivity contribution < 1.29 is 32.6 Å². The van der Waals surface area contributed by atoms with Crippen LogP contribution in [-0.4, -0.2) is 90.2 Å². The van der Waals surface area contributed by atoms with Crippen LogP contribution in [-0.2, 0) is 17.1 Å². The average Bonchev–Trinajstić information content (AvgIpc) is 3.42. The number of likely N-dealkylation sites (N-methyl/N-ethyl adjacent to an activating group) is 1. The maximum absolute atomic E-state index is 13.7. The van der Waals surface area contributed by atoms with Gasteiger partial charge in [-0.3, -0.25) is 4.79 Å². The first kappa shape index (κ1) is 30.8. The number of hydrogen-bond donors (Lipinski definition) is 3. The highest BCUT2D eigenvalue weighted by Gasteiger charge is 2.36. The van der Waals surface area contributed by atoms with Crippen molar-refractivity contribution in [1.29, 1.82) is 0 Å². The molecule has 4 rings (SSSR count). The summed E-state index contributed by atoms with van der Waals surface area (Å²) in [7, 11) is 0.715. The number of nitrogens with zero attached hydrogens (tertiary/aromatic N) is 4. The van der Waals surface area contributed by atoms with Gasteiger partial charge in [-0.05, 0) is 43.3 Å². The zero-order valence-corrected chi connectivity index (χ0v) is 25.0. The molecule has 1 aliphatic rings. The number of rotatable bonds is 9. The first-order chi connectivity index (χ1) is 19.9. The molecule has 0 radical (unpaired) electrons. The summed E-state index contributed by atoms with van der Waals surface area (Å²) >= 11 is 0. The monoisotopic (exact) mass is 600 g/mol. The summed E-state index contributed by atoms with van der Waals surface area (Å²) in [6.45, 7) is 3.44. The predicted octanol–water partition coefficient (Wildman–Crippen LogP) is 2.61. The smallest absolute Gasteiger partial charge is 0.323 e. The van der Waals surface area contributed by atoms with E-state index in [1.807, 2.05) is 6.92 Å². The fourth-order valence-corrected chi connectivity index (χ4v) is 5.69. The van der Waals surface area contributed by atoms with E-state index < -0.39 is 28.2 Å². The minimum Gasteiger partial charge on any atom is -0.497 e. The summed E-state index contributed by atoms with van der Waals surface area (Å²) in [5.41, 5.74) is 0.905. The van der Waals surface area contributed by atoms with Crippen LogP contribution in [0.15, 0.2) is 60.0 Å². The molecule has 0 bridgehead atoms. The zero-order chi connectivity index (χ0) is 30.6. The molecule has 13 nitrogen and oxygen atoms in total. The van der Waals surface area contributed by atoms with Crippen molar-refractivity contribution in [3.63, 3.8) is 0 Å². The number of aliphatic hydroxyl groups excluding tert-OH is 1. The Morgan fingerprint density at radius 2 is 1.95 bits per heavy atom. The second kappa shape index (κ2) is 12.8. The zero-order valence-electron chi connectivity index (χ0n) is 24.1. The molecule has 226 valence electrons. The van der Waals surface area contributed by atoms with E-state index in [4.69, 9.17) is 9.47 Å². The number of urea groups is 1. The molecule has 2 aromatic carbocycles. The van der Waals surface area contributed by atoms with E-state index >= 15 is 0 Å². The van der Waals surface area contributed by atoms with Crippen molar-refractivity contribution in [2.24, 2.45) is 13.0 Å². The predicted molar refractivity (Wildman–Crippen MR) is 156 cm³/mol. The molecule has 1 aliphatic heterocycles. The van der Waals surface area contributed by atoms with Gasteiger partial charge in [0.05, 0.1) is 43.9 Å². The van der Waals surface area contributed by atoms with E-state index in [0.717, 1.165) is 4.31 Å². The van der Waals surface area contributed by atoms with Gasteiger partial charge in [0.1, 0.15) is 11.9 Å². The van der Waals surface area contributed by atoms with Crippen LogP contribution in [0.25, 0.3) is 0 Å². The van der Waals surface area contributed by atoms with Gasteiger partial charge < -0.3 is 34.7 Å². The van der Waals surface area contributed by atoms with Crippen LogP contribution in [0.5, 0.6) is 11.5 Å². The quantitative estimate of drug-likeness (QED) is 0.339. The van der Waals surface area contributed by atoms with Gasteiger partial charge in [-0.1, -0.05) is 13.0 Å². The van der Waals surface area contributed by atoms with Crippen LogP contribution >= 0.6 is 0 Å². The summed E-state index contributed by atoms with van der Waals surface area (Å²) < 4.78 is 40.7. The number of aryl methyl sites for hydroxylation is 1. The number of ether oxygens (including phenoxy) is 2. The molecule has 3 N–H and O–H groups in total. The molecule has 0 aliphatic carbocycles. The Bertz CT molecular complexity index is 1530. The Morgan fingerprint density at radius 3 is 2.57 bits per heavy atom. The molecule has 0 saturated heterocycles. The van der Waals surface area contributed by atoms with E-state index in [9.17, 15) is 23.1 Å². The normalized spacial score (nSPS) is 18.0. The summed E-state index contributed by atoms with van der Waals surface area (Å²) in [6.07, 6.45) is 2.08. The summed E-state index contributed by atoms with van der Waals surface area (Å²) in [6, 6.07) is 10.4. The lowest BCUT2D eigenvalue weighted by atomic mass is 9.99. The van der Waals surface area contributed by atoms with E-state index in [-0.39, 0.29) is 53.5 Å². The molecule has 0 saturated carbocycles. The second-order valence-electron chi connectivity index (χ2n) is 10.3. The largest absolute Gasteiger partial charge is 0.497 e. The molecule has 0 spiro atoms. The molecule has 3 aromatic rings. The average molecular weight is 601 g/mol. The van der Waals surface area contributed by atoms with Gasteiger partial charge in [-0.25, -0.2) is 18.2 Å². The van der Waals surface area contributed by atoms with Gasteiger partial charge in [0, 0.05) is 38.4 Å². The van der Waals surface area contributed by atoms with Crippen molar-refractivity contribution in [2.45, 2.75) is 31.0 Å². The highest BCUT2D eigenvalue weighted by atomic mass is 32.2. The van der Waals surface area contributed by atoms with E-state index in [0.29, 0.717) is 11.4 Å². The SMILES string of the molecule is COc1ccc(NC(=O)Nc2cccc3c2O[C@@H](CN(C)S(=O)(=O)c2cn(C)cn2)[C@H](C)CN([C@@H](C)CO)C3=O)cc1. The second-order valence-corrected chi connectivity index (χ2v) is 12.3. The number of anilines is 2. The number of hydrogen-bond acceptors (Lipinski definition) is 8. The number of carbonyl (C=O) groups is 2. The van der Waals surface area contributed by atoms with Gasteiger partial charge in [0.15, 0.2) is 10.8 Å². The summed E-state index contributed by atoms with van der Waals surface area (Å²) in [5, 5.41) is 15.3. The Morgan fingerprint density at radius 1 is 1.24 bits per heavy atom. The van der Waals surface area contributed by atoms with E-state index in [2.05, 4.69) is 15.6 Å². The minimum absolute atomic E-state index is 0.0680. The van der Waals surface area contributed by atoms with E-state index in [1.165, 1.54) is 24.5 Å². The molecule has 1 aromatic heterocycles. The standard InChI is InChI=1S/C28H36N6O7S/c1-18-13-34(19(2)16-35)27(36)22-7-6-8-23(31-28(37)30-20-9-11-21(40-5)12-10-20)26(22)41-24(18)14-33(4)42(38,39)25-15-32(3)17-29-25/h6-12,15,17-19,24,35H,13-14,16H2,1-5H3,(H2,30,31,37)/t18-,19+,24+/m1/s1. The highest BCUT2D eigenvalue weighted by molar-refractivity contribution is 7.89. The molecular weight excluding hydrogens is 564 g/mol. The van der Waals surface area contributed by atoms with Gasteiger partial charge in [-0.2, -0.15) is 4.31 Å². The van der Waals surface area contributed by atoms with Crippen LogP contribution in [0, 0.1) is 5.92 Å². The molecule has 14 heteroatoms. The van der Waals surface area contributed by atoms with Gasteiger partial charge >= 0.3 is 6.03 Å². The molecular formula is C28H36N6O7S. The number of fused-ring (bicyclic) bond motifs is 1. The topological polar surface area (TPSA) is 155 Å². The van der Waals surface area contributed by atoms with Crippen LogP contribution in [0.3, 0.4) is 0 Å². The highest BCUT2D eigenvalue weighted by Crippen LogP contribution is 2.35. The molecule has 2 heterocycles. The number of aromatic nitrogens is 2. The fraction of sp³-hybridized carbons (Fsp3) is 0.393. The molecule has 0 unspecified atom stereocenters. The molecule has 3 amide bonds. The fourth-order valence-electron chi connectivity index (χ4n) is 4.55. The maximum atomic E-state index is 13.7. The lowest BCUT2D eigenvalue weighted by Gasteiger charge is -2.38. The first-order valence-electron chi connectivity index (χ1n) is 13.3. The van der Waals surface area contributed by atoms with Crippen molar-refractivity contribution in [3.8, 4) is 11.5 Å². The Kier molecular flexibility index (Phi) is 9.39. The van der Waals surface area contributed by atoms with Crippen molar-refractivity contribution in [3.05, 3.63) is 60.6 Å². The summed E-state index contributed by atoms with van der Waals surface area (Å²) in [5.74, 6) is -0.0129. The van der Waals surface area contributed by atoms with Gasteiger partial charge in [-0.15, -0.1) is 0 Å². The van der Waals surface area contributed by atoms with Crippen LogP contribution < -0.4 is 20.1 Å². The van der Waals surface area contributed by atoms with Crippen molar-refractivity contribution in [1.82, 2.24) is 18.8 Å². The van der Waals surface area contributed by atoms with Gasteiger partial charge in [0.25, 0.3) is 15.9 Å². The third-order valence-electron chi connectivity index (χ3n) is 7.08. The minimum atomic E-state index is -3.94. The summed E-state index contributed by atoms with van der Waals surface area (Å²) in [4.78, 5) is 32.2. The van der Waals surface area contributed by atoms with E-state index in [1.54, 1.807) is 68.1 Å². The number of methoxy groups -OCH3 is 1. The third kappa shape index (κ3) is 6.66.